The number of cyclic esters (lactones) is 1. The Morgan fingerprint density at radius 1 is 1.12 bits per heavy atom. The molecule has 13 heteroatoms. The first kappa shape index (κ1) is 37.4. The van der Waals surface area contributed by atoms with Gasteiger partial charge in [0, 0.05) is 43.4 Å². The van der Waals surface area contributed by atoms with Gasteiger partial charge in [-0.15, -0.1) is 5.10 Å². The predicted molar refractivity (Wildman–Crippen MR) is 187 cm³/mol. The standard InChI is InChI=1S/C35H55BN6O6/c1-9-28-35(7)31(24(5)38-19-21(2)18-34(6,46-8)30(36)22(3)29(43)23(4)32(44)47-28)42(33(45)48-35)16-11-10-15-41-20-27(39-40-41)25-13-12-14-26(37)17-25/h12-14,17,20-24,28,30-31,38H,9-11,15-16,18-19,36-37H2,1-8H3/t21-,22+,23-,24-,28-,30-,31-,34-,35-/m1/s1. The average molecular weight is 667 g/mol. The molecular formula is C35H55BN6O6. The van der Waals surface area contributed by atoms with Crippen LogP contribution < -0.4 is 11.1 Å². The maximum atomic E-state index is 13.6. The van der Waals surface area contributed by atoms with Gasteiger partial charge in [-0.25, -0.2) is 4.79 Å². The largest absolute Gasteiger partial charge is 0.458 e. The van der Waals surface area contributed by atoms with Gasteiger partial charge in [-0.3, -0.25) is 19.2 Å². The number of hydrogen-bond donors (Lipinski definition) is 2. The van der Waals surface area contributed by atoms with Gasteiger partial charge in [-0.05, 0) is 83.8 Å². The van der Waals surface area contributed by atoms with Crippen molar-refractivity contribution in [1.82, 2.24) is 25.2 Å². The molecule has 0 unspecified atom stereocenters. The molecule has 0 bridgehead atoms. The fraction of sp³-hybridized carbons (Fsp3) is 0.686. The number of carbonyl (C=O) groups excluding carboxylic acids is 3. The maximum Gasteiger partial charge on any atom is 0.410 e. The number of nitrogens with zero attached hydrogens (tertiary/aromatic N) is 4. The first-order valence-corrected chi connectivity index (χ1v) is 17.4. The van der Waals surface area contributed by atoms with Crippen LogP contribution in [-0.2, 0) is 30.3 Å². The number of unbranched alkanes of at least 4 members (excludes halogenated alkanes) is 1. The molecule has 9 atom stereocenters. The summed E-state index contributed by atoms with van der Waals surface area (Å²) in [6, 6.07) is 6.90. The van der Waals surface area contributed by atoms with Gasteiger partial charge in [-0.2, -0.15) is 0 Å². The van der Waals surface area contributed by atoms with E-state index in [1.807, 2.05) is 66.0 Å². The maximum absolute atomic E-state index is 13.6. The monoisotopic (exact) mass is 666 g/mol. The van der Waals surface area contributed by atoms with Crippen LogP contribution >= 0.6 is 0 Å². The fourth-order valence-electron chi connectivity index (χ4n) is 7.63. The molecular weight excluding hydrogens is 611 g/mol. The van der Waals surface area contributed by atoms with E-state index in [-0.39, 0.29) is 23.6 Å². The normalized spacial score (nSPS) is 33.8. The smallest absolute Gasteiger partial charge is 0.410 e. The Balaban J connectivity index is 1.54. The molecule has 2 aliphatic heterocycles. The number of fused-ring (bicyclic) bond motifs is 1. The Hall–Kier alpha value is -3.45. The van der Waals surface area contributed by atoms with Crippen molar-refractivity contribution in [3.63, 3.8) is 0 Å². The highest BCUT2D eigenvalue weighted by molar-refractivity contribution is 6.15. The Labute approximate surface area is 286 Å². The average Bonchev–Trinajstić information content (AvgIpc) is 3.64. The number of rotatable bonds is 8. The number of nitrogens with one attached hydrogen (secondary N) is 1. The molecule has 12 nitrogen and oxygen atoms in total. The highest BCUT2D eigenvalue weighted by Crippen LogP contribution is 2.40. The van der Waals surface area contributed by atoms with E-state index in [0.717, 1.165) is 17.7 Å². The van der Waals surface area contributed by atoms with Crippen LogP contribution in [0.5, 0.6) is 0 Å². The predicted octanol–water partition coefficient (Wildman–Crippen LogP) is 3.89. The summed E-state index contributed by atoms with van der Waals surface area (Å²) < 4.78 is 20.1. The van der Waals surface area contributed by atoms with Gasteiger partial charge >= 0.3 is 12.1 Å². The number of anilines is 1. The zero-order valence-electron chi connectivity index (χ0n) is 30.2. The van der Waals surface area contributed by atoms with Crippen molar-refractivity contribution in [3.8, 4) is 11.3 Å². The summed E-state index contributed by atoms with van der Waals surface area (Å²) in [6.45, 7) is 15.2. The van der Waals surface area contributed by atoms with Crippen molar-refractivity contribution in [1.29, 1.82) is 0 Å². The van der Waals surface area contributed by atoms with Crippen LogP contribution in [0.15, 0.2) is 30.5 Å². The SMILES string of the molecule is B[C@@H]1[C@@H](C)C(=O)[C@@H](C)C(=O)O[C@H](CC)[C@@]2(C)OC(=O)N(CCCCn3cc(-c4cccc(N)c4)nn3)[C@@H]2[C@@H](C)NC[C@H](C)C[C@@]1(C)OC. The van der Waals surface area contributed by atoms with E-state index in [0.29, 0.717) is 44.6 Å². The summed E-state index contributed by atoms with van der Waals surface area (Å²) in [4.78, 5) is 42.5. The van der Waals surface area contributed by atoms with Crippen LogP contribution in [-0.4, -0.2) is 95.2 Å². The van der Waals surface area contributed by atoms with Crippen LogP contribution in [0.4, 0.5) is 10.5 Å². The molecule has 3 N–H and O–H groups in total. The van der Waals surface area contributed by atoms with Gasteiger partial charge in [-0.1, -0.05) is 38.1 Å². The second-order valence-electron chi connectivity index (χ2n) is 14.4. The first-order valence-electron chi connectivity index (χ1n) is 17.4. The van der Waals surface area contributed by atoms with Gasteiger partial charge in [0.25, 0.3) is 0 Å². The molecule has 264 valence electrons. The van der Waals surface area contributed by atoms with E-state index in [2.05, 4.69) is 29.5 Å². The van der Waals surface area contributed by atoms with Gasteiger partial charge in [0.15, 0.2) is 5.60 Å². The summed E-state index contributed by atoms with van der Waals surface area (Å²) in [6.07, 6.45) is 3.28. The summed E-state index contributed by atoms with van der Waals surface area (Å²) >= 11 is 0. The van der Waals surface area contributed by atoms with Crippen molar-refractivity contribution in [3.05, 3.63) is 30.5 Å². The number of Topliss-reactive ketones (excluding diaryl/α,β-unsaturated/α-hetero) is 1. The Morgan fingerprint density at radius 3 is 2.50 bits per heavy atom. The molecule has 2 fully saturated rings. The molecule has 2 aliphatic rings. The summed E-state index contributed by atoms with van der Waals surface area (Å²) in [7, 11) is 3.70. The van der Waals surface area contributed by atoms with E-state index in [1.165, 1.54) is 0 Å². The third-order valence-corrected chi connectivity index (χ3v) is 10.9. The van der Waals surface area contributed by atoms with Crippen molar-refractivity contribution >= 4 is 31.4 Å². The number of amides is 1. The van der Waals surface area contributed by atoms with Crippen molar-refractivity contribution in [2.45, 2.75) is 116 Å². The molecule has 1 aromatic heterocycles. The second-order valence-corrected chi connectivity index (χ2v) is 14.4. The lowest BCUT2D eigenvalue weighted by Gasteiger charge is -2.41. The highest BCUT2D eigenvalue weighted by Gasteiger charge is 2.58. The molecule has 0 spiro atoms. The quantitative estimate of drug-likeness (QED) is 0.140. The Kier molecular flexibility index (Phi) is 12.0. The number of carbonyl (C=O) groups is 3. The van der Waals surface area contributed by atoms with Gasteiger partial charge in [0.05, 0.1) is 17.8 Å². The van der Waals surface area contributed by atoms with E-state index < -0.39 is 47.2 Å². The van der Waals surface area contributed by atoms with Gasteiger partial charge < -0.3 is 25.3 Å². The molecule has 1 amide bonds. The Morgan fingerprint density at radius 2 is 1.83 bits per heavy atom. The van der Waals surface area contributed by atoms with Gasteiger partial charge in [0.2, 0.25) is 0 Å². The number of ether oxygens (including phenoxy) is 3. The lowest BCUT2D eigenvalue weighted by molar-refractivity contribution is -0.170. The molecule has 1 aromatic carbocycles. The second kappa shape index (κ2) is 15.4. The number of ketones is 1. The van der Waals surface area contributed by atoms with E-state index in [4.69, 9.17) is 19.9 Å². The number of methoxy groups -OCH3 is 1. The van der Waals surface area contributed by atoms with Crippen LogP contribution in [0.2, 0.25) is 5.82 Å². The zero-order valence-corrected chi connectivity index (χ0v) is 30.2. The summed E-state index contributed by atoms with van der Waals surface area (Å²) in [5.41, 5.74) is 6.52. The van der Waals surface area contributed by atoms with E-state index in [9.17, 15) is 14.4 Å². The molecule has 0 radical (unpaired) electrons. The van der Waals surface area contributed by atoms with Crippen molar-refractivity contribution in [2.75, 3.05) is 25.9 Å². The number of aromatic nitrogens is 3. The Bertz CT molecular complexity index is 1440. The van der Waals surface area contributed by atoms with Crippen LogP contribution in [0.1, 0.15) is 74.1 Å². The van der Waals surface area contributed by atoms with E-state index >= 15 is 0 Å². The molecule has 3 heterocycles. The number of benzene rings is 1. The lowest BCUT2D eigenvalue weighted by atomic mass is 9.62. The zero-order chi connectivity index (χ0) is 35.4. The molecule has 2 aromatic rings. The minimum absolute atomic E-state index is 0.133. The highest BCUT2D eigenvalue weighted by atomic mass is 16.6. The van der Waals surface area contributed by atoms with Gasteiger partial charge in [0.1, 0.15) is 31.3 Å². The fourth-order valence-corrected chi connectivity index (χ4v) is 7.63. The van der Waals surface area contributed by atoms with Crippen molar-refractivity contribution in [2.24, 2.45) is 17.8 Å². The van der Waals surface area contributed by atoms with Crippen molar-refractivity contribution < 1.29 is 28.6 Å². The molecule has 4 rings (SSSR count). The van der Waals surface area contributed by atoms with Crippen LogP contribution in [0.3, 0.4) is 0 Å². The first-order chi connectivity index (χ1) is 22.6. The third kappa shape index (κ3) is 7.88. The van der Waals surface area contributed by atoms with Crippen LogP contribution in [0.25, 0.3) is 11.3 Å². The minimum Gasteiger partial charge on any atom is -0.458 e. The number of aryl methyl sites for hydroxylation is 1. The number of nitrogens with two attached hydrogens (primary N) is 1. The lowest BCUT2D eigenvalue weighted by Crippen LogP contribution is -2.61. The molecule has 48 heavy (non-hydrogen) atoms. The molecule has 0 saturated carbocycles. The summed E-state index contributed by atoms with van der Waals surface area (Å²) in [5.74, 6) is -2.12. The molecule has 0 aliphatic carbocycles. The third-order valence-electron chi connectivity index (χ3n) is 10.9. The van der Waals surface area contributed by atoms with E-state index in [1.54, 1.807) is 23.6 Å². The number of esters is 1. The minimum atomic E-state index is -1.14. The number of hydrogen-bond acceptors (Lipinski definition) is 10. The summed E-state index contributed by atoms with van der Waals surface area (Å²) in [5, 5.41) is 12.3. The molecule has 2 saturated heterocycles. The number of nitrogen functional groups attached to an aromatic ring is 1. The topological polar surface area (TPSA) is 151 Å². The van der Waals surface area contributed by atoms with Crippen LogP contribution in [0, 0.1) is 17.8 Å².